The third-order valence-electron chi connectivity index (χ3n) is 6.89. The summed E-state index contributed by atoms with van der Waals surface area (Å²) in [5.74, 6) is 1.67. The molecule has 1 spiro atoms. The van der Waals surface area contributed by atoms with E-state index in [9.17, 15) is 4.79 Å². The van der Waals surface area contributed by atoms with E-state index in [1.165, 1.54) is 25.7 Å². The van der Waals surface area contributed by atoms with Gasteiger partial charge in [-0.25, -0.2) is 0 Å². The first-order valence-electron chi connectivity index (χ1n) is 11.2. The van der Waals surface area contributed by atoms with E-state index in [1.54, 1.807) is 0 Å². The lowest BCUT2D eigenvalue weighted by atomic mass is 9.77. The van der Waals surface area contributed by atoms with Crippen LogP contribution in [0.2, 0.25) is 0 Å². The highest BCUT2D eigenvalue weighted by Crippen LogP contribution is 2.39. The minimum Gasteiger partial charge on any atom is -0.457 e. The van der Waals surface area contributed by atoms with Crippen molar-refractivity contribution in [3.05, 3.63) is 60.2 Å². The lowest BCUT2D eigenvalue weighted by Gasteiger charge is -2.57. The van der Waals surface area contributed by atoms with Crippen molar-refractivity contribution in [1.82, 2.24) is 9.80 Å². The molecule has 2 aromatic carbocycles. The zero-order chi connectivity index (χ0) is 20.4. The first-order chi connectivity index (χ1) is 14.7. The molecule has 3 saturated heterocycles. The van der Waals surface area contributed by atoms with Gasteiger partial charge in [-0.05, 0) is 68.5 Å². The summed E-state index contributed by atoms with van der Waals surface area (Å²) in [6, 6.07) is 17.2. The summed E-state index contributed by atoms with van der Waals surface area (Å²) in [6.07, 6.45) is 6.18. The van der Waals surface area contributed by atoms with Crippen molar-refractivity contribution in [2.75, 3.05) is 32.8 Å². The lowest BCUT2D eigenvalue weighted by molar-refractivity contribution is -0.0806. The Morgan fingerprint density at radius 1 is 1.00 bits per heavy atom. The van der Waals surface area contributed by atoms with Gasteiger partial charge in [0, 0.05) is 43.9 Å². The molecule has 0 saturated carbocycles. The zero-order valence-electron chi connectivity index (χ0n) is 17.5. The number of piperidine rings is 1. The highest BCUT2D eigenvalue weighted by molar-refractivity contribution is 5.94. The minimum absolute atomic E-state index is 0.129. The van der Waals surface area contributed by atoms with E-state index in [1.807, 2.05) is 54.6 Å². The summed E-state index contributed by atoms with van der Waals surface area (Å²) in [4.78, 5) is 17.8. The van der Waals surface area contributed by atoms with Crippen LogP contribution in [0.3, 0.4) is 0 Å². The molecule has 2 aromatic rings. The van der Waals surface area contributed by atoms with Crippen molar-refractivity contribution >= 4 is 5.91 Å². The number of hydrogen-bond acceptors (Lipinski definition) is 4. The van der Waals surface area contributed by atoms with Crippen LogP contribution < -0.4 is 4.74 Å². The Labute approximate surface area is 178 Å². The predicted molar refractivity (Wildman–Crippen MR) is 116 cm³/mol. The number of amides is 1. The first-order valence-corrected chi connectivity index (χ1v) is 11.2. The molecular weight excluding hydrogens is 376 g/mol. The van der Waals surface area contributed by atoms with E-state index in [2.05, 4.69) is 9.80 Å². The Morgan fingerprint density at radius 2 is 1.80 bits per heavy atom. The van der Waals surface area contributed by atoms with Crippen molar-refractivity contribution in [1.29, 1.82) is 0 Å². The van der Waals surface area contributed by atoms with Gasteiger partial charge in [0.25, 0.3) is 5.91 Å². The van der Waals surface area contributed by atoms with Gasteiger partial charge in [-0.1, -0.05) is 18.2 Å². The van der Waals surface area contributed by atoms with Crippen molar-refractivity contribution < 1.29 is 14.3 Å². The minimum atomic E-state index is 0.129. The third kappa shape index (κ3) is 3.96. The predicted octanol–water partition coefficient (Wildman–Crippen LogP) is 4.34. The Bertz CT molecular complexity index is 864. The number of benzene rings is 2. The van der Waals surface area contributed by atoms with E-state index in [4.69, 9.17) is 9.47 Å². The monoisotopic (exact) mass is 406 g/mol. The number of rotatable bonds is 5. The molecule has 0 bridgehead atoms. The molecule has 5 heteroatoms. The van der Waals surface area contributed by atoms with Gasteiger partial charge in [0.2, 0.25) is 0 Å². The summed E-state index contributed by atoms with van der Waals surface area (Å²) in [7, 11) is 0. The SMILES string of the molecule is O=C(c1ccc(Oc2ccccc2)cc1)N1CCC[C@]2(CCN2C[C@H]2CCCO2)C1. The van der Waals surface area contributed by atoms with E-state index < -0.39 is 0 Å². The van der Waals surface area contributed by atoms with Crippen LogP contribution in [0.4, 0.5) is 0 Å². The van der Waals surface area contributed by atoms with Crippen molar-refractivity contribution in [3.63, 3.8) is 0 Å². The van der Waals surface area contributed by atoms with Crippen molar-refractivity contribution in [2.24, 2.45) is 0 Å². The Morgan fingerprint density at radius 3 is 2.50 bits per heavy atom. The van der Waals surface area contributed by atoms with Gasteiger partial charge >= 0.3 is 0 Å². The quantitative estimate of drug-likeness (QED) is 0.741. The molecule has 158 valence electrons. The van der Waals surface area contributed by atoms with Gasteiger partial charge in [-0.15, -0.1) is 0 Å². The molecule has 1 amide bonds. The highest BCUT2D eigenvalue weighted by atomic mass is 16.5. The van der Waals surface area contributed by atoms with E-state index in [0.29, 0.717) is 6.10 Å². The maximum Gasteiger partial charge on any atom is 0.253 e. The van der Waals surface area contributed by atoms with Gasteiger partial charge in [0.05, 0.1) is 6.10 Å². The molecule has 0 radical (unpaired) electrons. The zero-order valence-corrected chi connectivity index (χ0v) is 17.5. The van der Waals surface area contributed by atoms with Crippen LogP contribution in [-0.2, 0) is 4.74 Å². The fourth-order valence-corrected chi connectivity index (χ4v) is 5.13. The topological polar surface area (TPSA) is 42.0 Å². The van der Waals surface area contributed by atoms with Gasteiger partial charge in [0.15, 0.2) is 0 Å². The molecule has 3 heterocycles. The molecule has 2 atom stereocenters. The van der Waals surface area contributed by atoms with Crippen molar-refractivity contribution in [2.45, 2.75) is 43.7 Å². The second-order valence-electron chi connectivity index (χ2n) is 8.83. The summed E-state index contributed by atoms with van der Waals surface area (Å²) in [6.45, 7) is 4.73. The summed E-state index contributed by atoms with van der Waals surface area (Å²) < 4.78 is 11.7. The fourth-order valence-electron chi connectivity index (χ4n) is 5.13. The maximum atomic E-state index is 13.2. The van der Waals surface area contributed by atoms with Crippen LogP contribution in [0.1, 0.15) is 42.5 Å². The molecule has 0 aromatic heterocycles. The van der Waals surface area contributed by atoms with Crippen LogP contribution in [0, 0.1) is 0 Å². The number of ether oxygens (including phenoxy) is 2. The van der Waals surface area contributed by atoms with E-state index >= 15 is 0 Å². The van der Waals surface area contributed by atoms with Gasteiger partial charge < -0.3 is 14.4 Å². The molecule has 3 aliphatic heterocycles. The molecule has 0 unspecified atom stereocenters. The second-order valence-corrected chi connectivity index (χ2v) is 8.83. The van der Waals surface area contributed by atoms with Gasteiger partial charge in [-0.2, -0.15) is 0 Å². The Balaban J connectivity index is 1.22. The number of carbonyl (C=O) groups is 1. The lowest BCUT2D eigenvalue weighted by Crippen LogP contribution is -2.68. The average Bonchev–Trinajstić information content (AvgIpc) is 3.31. The summed E-state index contributed by atoms with van der Waals surface area (Å²) in [5.41, 5.74) is 0.897. The van der Waals surface area contributed by atoms with Gasteiger partial charge in [0.1, 0.15) is 11.5 Å². The summed E-state index contributed by atoms with van der Waals surface area (Å²) >= 11 is 0. The number of likely N-dealkylation sites (tertiary alicyclic amines) is 2. The third-order valence-corrected chi connectivity index (χ3v) is 6.89. The Hall–Kier alpha value is -2.37. The molecule has 5 rings (SSSR count). The molecule has 3 fully saturated rings. The molecular formula is C25H30N2O3. The van der Waals surface area contributed by atoms with Crippen LogP contribution in [0.5, 0.6) is 11.5 Å². The number of hydrogen-bond donors (Lipinski definition) is 0. The first kappa shape index (κ1) is 19.6. The van der Waals surface area contributed by atoms with Crippen LogP contribution in [-0.4, -0.2) is 60.1 Å². The van der Waals surface area contributed by atoms with E-state index in [-0.39, 0.29) is 11.4 Å². The van der Waals surface area contributed by atoms with Crippen LogP contribution in [0.15, 0.2) is 54.6 Å². The normalized spacial score (nSPS) is 26.5. The molecule has 0 aliphatic carbocycles. The largest absolute Gasteiger partial charge is 0.457 e. The number of carbonyl (C=O) groups excluding carboxylic acids is 1. The number of nitrogens with zero attached hydrogens (tertiary/aromatic N) is 2. The smallest absolute Gasteiger partial charge is 0.253 e. The second kappa shape index (κ2) is 8.40. The standard InChI is InChI=1S/C25H30N2O3/c28-24(20-9-11-22(12-10-20)30-21-6-2-1-3-7-21)26-15-5-13-25(19-26)14-16-27(25)18-23-8-4-17-29-23/h1-3,6-7,9-12,23H,4-5,8,13-19H2/t23-,25+/m1/s1. The van der Waals surface area contributed by atoms with Crippen molar-refractivity contribution in [3.8, 4) is 11.5 Å². The van der Waals surface area contributed by atoms with E-state index in [0.717, 1.165) is 56.3 Å². The Kier molecular flexibility index (Phi) is 5.48. The molecule has 3 aliphatic rings. The number of para-hydroxylation sites is 1. The van der Waals surface area contributed by atoms with Gasteiger partial charge in [-0.3, -0.25) is 9.69 Å². The molecule has 30 heavy (non-hydrogen) atoms. The summed E-state index contributed by atoms with van der Waals surface area (Å²) in [5, 5.41) is 0. The van der Waals surface area contributed by atoms with Crippen LogP contribution in [0.25, 0.3) is 0 Å². The molecule has 0 N–H and O–H groups in total. The average molecular weight is 407 g/mol. The molecule has 5 nitrogen and oxygen atoms in total. The van der Waals surface area contributed by atoms with Crippen LogP contribution >= 0.6 is 0 Å². The maximum absolute atomic E-state index is 13.2. The fraction of sp³-hybridized carbons (Fsp3) is 0.480. The highest BCUT2D eigenvalue weighted by Gasteiger charge is 2.48.